The Hall–Kier alpha value is -3.89. The molecule has 3 aromatic rings. The highest BCUT2D eigenvalue weighted by Crippen LogP contribution is 2.35. The number of alkyl halides is 3. The van der Waals surface area contributed by atoms with Crippen molar-refractivity contribution in [1.29, 1.82) is 0 Å². The van der Waals surface area contributed by atoms with E-state index in [0.717, 1.165) is 19.3 Å². The molecule has 0 atom stereocenters. The Kier molecular flexibility index (Phi) is 6.53. The molecule has 1 fully saturated rings. The maximum atomic E-state index is 13.5. The largest absolute Gasteiger partial charge is 0.452 e. The summed E-state index contributed by atoms with van der Waals surface area (Å²) in [5.74, 6) is -2.13. The van der Waals surface area contributed by atoms with Crippen molar-refractivity contribution >= 4 is 23.8 Å². The minimum Gasteiger partial charge on any atom is -0.431 e. The van der Waals surface area contributed by atoms with Crippen molar-refractivity contribution in [3.63, 3.8) is 0 Å². The monoisotopic (exact) mass is 473 g/mol. The first-order chi connectivity index (χ1) is 16.3. The van der Waals surface area contributed by atoms with Crippen molar-refractivity contribution < 1.29 is 27.2 Å². The van der Waals surface area contributed by atoms with Gasteiger partial charge in [0.15, 0.2) is 5.69 Å². The number of oxazole rings is 1. The van der Waals surface area contributed by atoms with Crippen LogP contribution in [-0.2, 0) is 11.0 Å². The number of benzene rings is 1. The molecule has 0 bridgehead atoms. The van der Waals surface area contributed by atoms with Crippen molar-refractivity contribution in [3.8, 4) is 11.5 Å². The Labute approximate surface area is 193 Å². The fourth-order valence-corrected chi connectivity index (χ4v) is 3.80. The average Bonchev–Trinajstić information content (AvgIpc) is 3.31. The van der Waals surface area contributed by atoms with Gasteiger partial charge in [0.05, 0.1) is 11.9 Å². The zero-order valence-corrected chi connectivity index (χ0v) is 18.2. The second-order valence-electron chi connectivity index (χ2n) is 7.91. The van der Waals surface area contributed by atoms with Gasteiger partial charge >= 0.3 is 6.18 Å². The van der Waals surface area contributed by atoms with E-state index in [-0.39, 0.29) is 17.6 Å². The minimum absolute atomic E-state index is 0.179. The van der Waals surface area contributed by atoms with Crippen molar-refractivity contribution in [2.75, 3.05) is 30.4 Å². The van der Waals surface area contributed by atoms with Crippen LogP contribution in [0.4, 0.5) is 24.7 Å². The average molecular weight is 473 g/mol. The van der Waals surface area contributed by atoms with Crippen LogP contribution in [0.1, 0.15) is 29.1 Å². The van der Waals surface area contributed by atoms with E-state index in [4.69, 9.17) is 4.42 Å². The number of rotatable bonds is 6. The zero-order chi connectivity index (χ0) is 24.3. The molecule has 0 radical (unpaired) electrons. The lowest BCUT2D eigenvalue weighted by molar-refractivity contribution is -0.153. The van der Waals surface area contributed by atoms with Gasteiger partial charge in [-0.15, -0.1) is 0 Å². The van der Waals surface area contributed by atoms with Gasteiger partial charge in [0, 0.05) is 31.7 Å². The summed E-state index contributed by atoms with van der Waals surface area (Å²) in [5.41, 5.74) is -0.306. The Morgan fingerprint density at radius 3 is 2.47 bits per heavy atom. The third-order valence-electron chi connectivity index (χ3n) is 5.66. The molecular weight excluding hydrogens is 451 g/mol. The van der Waals surface area contributed by atoms with E-state index in [1.807, 2.05) is 4.90 Å². The van der Waals surface area contributed by atoms with Gasteiger partial charge in [-0.2, -0.15) is 13.2 Å². The van der Waals surface area contributed by atoms with Crippen LogP contribution in [0.25, 0.3) is 11.5 Å². The quantitative estimate of drug-likeness (QED) is 0.543. The number of pyridine rings is 1. The van der Waals surface area contributed by atoms with Crippen molar-refractivity contribution in [3.05, 3.63) is 60.1 Å². The number of hydrogen-bond donors (Lipinski definition) is 1. The zero-order valence-electron chi connectivity index (χ0n) is 18.2. The van der Waals surface area contributed by atoms with Crippen molar-refractivity contribution in [2.45, 2.75) is 25.1 Å². The van der Waals surface area contributed by atoms with Crippen LogP contribution in [-0.4, -0.2) is 53.4 Å². The molecule has 1 aliphatic heterocycles. The number of carbonyl (C=O) groups is 2. The molecule has 2 aromatic heterocycles. The summed E-state index contributed by atoms with van der Waals surface area (Å²) >= 11 is 0. The maximum absolute atomic E-state index is 13.5. The molecule has 1 aromatic carbocycles. The SMILES string of the molecule is CN(C=O)C1CCN(c2ccc(NC(=O)c3nc(-c4ccccc4)oc3C(F)(F)F)cn2)CC1. The topological polar surface area (TPSA) is 91.6 Å². The van der Waals surface area contributed by atoms with Crippen molar-refractivity contribution in [2.24, 2.45) is 0 Å². The first kappa shape index (κ1) is 23.3. The summed E-state index contributed by atoms with van der Waals surface area (Å²) < 4.78 is 45.4. The van der Waals surface area contributed by atoms with Crippen LogP contribution in [0.3, 0.4) is 0 Å². The Bertz CT molecular complexity index is 1140. The summed E-state index contributed by atoms with van der Waals surface area (Å²) in [5, 5.41) is 2.41. The van der Waals surface area contributed by atoms with Crippen LogP contribution < -0.4 is 10.2 Å². The summed E-state index contributed by atoms with van der Waals surface area (Å²) in [4.78, 5) is 35.4. The van der Waals surface area contributed by atoms with E-state index in [0.29, 0.717) is 24.5 Å². The van der Waals surface area contributed by atoms with E-state index >= 15 is 0 Å². The van der Waals surface area contributed by atoms with Crippen LogP contribution in [0.5, 0.6) is 0 Å². The highest BCUT2D eigenvalue weighted by molar-refractivity contribution is 6.04. The molecular formula is C23H22F3N5O3. The molecule has 1 N–H and O–H groups in total. The predicted molar refractivity (Wildman–Crippen MR) is 118 cm³/mol. The minimum atomic E-state index is -4.89. The summed E-state index contributed by atoms with van der Waals surface area (Å²) in [6.07, 6.45) is -1.10. The number of halogens is 3. The van der Waals surface area contributed by atoms with Gasteiger partial charge < -0.3 is 19.5 Å². The third-order valence-corrected chi connectivity index (χ3v) is 5.66. The lowest BCUT2D eigenvalue weighted by Crippen LogP contribution is -2.43. The molecule has 1 aliphatic rings. The molecule has 8 nitrogen and oxygen atoms in total. The highest BCUT2D eigenvalue weighted by Gasteiger charge is 2.42. The van der Waals surface area contributed by atoms with E-state index in [1.54, 1.807) is 42.3 Å². The molecule has 11 heteroatoms. The van der Waals surface area contributed by atoms with Crippen LogP contribution >= 0.6 is 0 Å². The number of nitrogens with one attached hydrogen (secondary N) is 1. The van der Waals surface area contributed by atoms with Gasteiger partial charge in [0.1, 0.15) is 5.82 Å². The fourth-order valence-electron chi connectivity index (χ4n) is 3.80. The van der Waals surface area contributed by atoms with Gasteiger partial charge in [0.2, 0.25) is 18.1 Å². The number of carbonyl (C=O) groups excluding carboxylic acids is 2. The molecule has 1 saturated heterocycles. The first-order valence-electron chi connectivity index (χ1n) is 10.6. The molecule has 34 heavy (non-hydrogen) atoms. The first-order valence-corrected chi connectivity index (χ1v) is 10.6. The summed E-state index contributed by atoms with van der Waals surface area (Å²) in [6.45, 7) is 1.41. The molecule has 0 saturated carbocycles. The van der Waals surface area contributed by atoms with Gasteiger partial charge in [-0.3, -0.25) is 9.59 Å². The molecule has 3 heterocycles. The number of amides is 2. The maximum Gasteiger partial charge on any atom is 0.452 e. The van der Waals surface area contributed by atoms with Gasteiger partial charge in [-0.05, 0) is 37.1 Å². The summed E-state index contributed by atoms with van der Waals surface area (Å²) in [6, 6.07) is 11.5. The Morgan fingerprint density at radius 2 is 1.88 bits per heavy atom. The van der Waals surface area contributed by atoms with E-state index in [2.05, 4.69) is 15.3 Å². The molecule has 178 valence electrons. The Morgan fingerprint density at radius 1 is 1.18 bits per heavy atom. The van der Waals surface area contributed by atoms with E-state index in [1.165, 1.54) is 18.3 Å². The lowest BCUT2D eigenvalue weighted by Gasteiger charge is -2.35. The van der Waals surface area contributed by atoms with Gasteiger partial charge in [0.25, 0.3) is 5.91 Å². The number of anilines is 2. The predicted octanol–water partition coefficient (Wildman–Crippen LogP) is 4.06. The highest BCUT2D eigenvalue weighted by atomic mass is 19.4. The van der Waals surface area contributed by atoms with Crippen LogP contribution in [0, 0.1) is 0 Å². The van der Waals surface area contributed by atoms with Crippen LogP contribution in [0.2, 0.25) is 0 Å². The number of piperidine rings is 1. The smallest absolute Gasteiger partial charge is 0.431 e. The normalized spacial score (nSPS) is 14.6. The number of nitrogens with zero attached hydrogens (tertiary/aromatic N) is 4. The molecule has 0 spiro atoms. The van der Waals surface area contributed by atoms with E-state index in [9.17, 15) is 22.8 Å². The lowest BCUT2D eigenvalue weighted by atomic mass is 10.0. The fraction of sp³-hybridized carbons (Fsp3) is 0.304. The molecule has 0 unspecified atom stereocenters. The van der Waals surface area contributed by atoms with Gasteiger partial charge in [-0.1, -0.05) is 18.2 Å². The Balaban J connectivity index is 1.47. The molecule has 4 rings (SSSR count). The molecule has 0 aliphatic carbocycles. The number of hydrogen-bond acceptors (Lipinski definition) is 6. The number of aromatic nitrogens is 2. The molecule has 2 amide bonds. The van der Waals surface area contributed by atoms with Gasteiger partial charge in [-0.25, -0.2) is 9.97 Å². The summed E-state index contributed by atoms with van der Waals surface area (Å²) in [7, 11) is 1.75. The van der Waals surface area contributed by atoms with Crippen molar-refractivity contribution in [1.82, 2.24) is 14.9 Å². The second kappa shape index (κ2) is 9.54. The standard InChI is InChI=1S/C23H22F3N5O3/c1-30(14-32)17-9-11-31(12-10-17)18-8-7-16(13-27-18)28-21(33)19-20(23(24,25)26)34-22(29-19)15-5-3-2-4-6-15/h2-8,13-14,17H,9-12H2,1H3,(H,28,33). The third kappa shape index (κ3) is 5.03. The second-order valence-corrected chi connectivity index (χ2v) is 7.91. The van der Waals surface area contributed by atoms with Crippen LogP contribution in [0.15, 0.2) is 53.1 Å². The van der Waals surface area contributed by atoms with E-state index < -0.39 is 23.5 Å².